The molecule has 26 heavy (non-hydrogen) atoms. The largest absolute Gasteiger partial charge is 0.494 e. The van der Waals surface area contributed by atoms with E-state index in [1.165, 1.54) is 6.21 Å². The van der Waals surface area contributed by atoms with Gasteiger partial charge in [0.15, 0.2) is 11.7 Å². The predicted molar refractivity (Wildman–Crippen MR) is 102 cm³/mol. The van der Waals surface area contributed by atoms with Crippen molar-refractivity contribution in [3.05, 3.63) is 59.1 Å². The number of carbonyl (C=O) groups is 2. The van der Waals surface area contributed by atoms with Gasteiger partial charge < -0.3 is 9.47 Å². The standard InChI is InChI=1S/C20H20ClNO4/c1-3-25-15-11-9-14(10-12-15)22-13-17(20(24)26-4-2)19(23)16-7-5-6-8-18(16)21/h5-13,17H,3-4H2,1-2H3. The molecule has 0 aliphatic rings. The fraction of sp³-hybridized carbons (Fsp3) is 0.250. The van der Waals surface area contributed by atoms with E-state index >= 15 is 0 Å². The molecule has 0 aliphatic carbocycles. The summed E-state index contributed by atoms with van der Waals surface area (Å²) in [6.45, 7) is 4.32. The van der Waals surface area contributed by atoms with E-state index in [0.29, 0.717) is 12.3 Å². The molecular formula is C20H20ClNO4. The molecule has 2 aromatic carbocycles. The van der Waals surface area contributed by atoms with Gasteiger partial charge in [-0.05, 0) is 50.2 Å². The fourth-order valence-electron chi connectivity index (χ4n) is 2.25. The third-order valence-electron chi connectivity index (χ3n) is 3.48. The zero-order valence-electron chi connectivity index (χ0n) is 14.6. The molecule has 0 amide bonds. The second-order valence-electron chi connectivity index (χ2n) is 5.28. The number of Topliss-reactive ketones (excluding diaryl/α,β-unsaturated/α-hetero) is 1. The number of hydrogen-bond donors (Lipinski definition) is 0. The van der Waals surface area contributed by atoms with Crippen LogP contribution in [0.1, 0.15) is 24.2 Å². The number of nitrogens with zero attached hydrogens (tertiary/aromatic N) is 1. The molecule has 0 saturated heterocycles. The van der Waals surface area contributed by atoms with Crippen molar-refractivity contribution in [1.29, 1.82) is 0 Å². The Labute approximate surface area is 157 Å². The van der Waals surface area contributed by atoms with Crippen LogP contribution in [0.25, 0.3) is 0 Å². The number of aliphatic imine (C=N–C) groups is 1. The number of hydrogen-bond acceptors (Lipinski definition) is 5. The molecule has 2 aromatic rings. The van der Waals surface area contributed by atoms with Gasteiger partial charge in [-0.25, -0.2) is 0 Å². The molecule has 5 nitrogen and oxygen atoms in total. The van der Waals surface area contributed by atoms with Crippen LogP contribution in [0.15, 0.2) is 53.5 Å². The minimum atomic E-state index is -1.17. The quantitative estimate of drug-likeness (QED) is 0.295. The van der Waals surface area contributed by atoms with Crippen molar-refractivity contribution < 1.29 is 19.1 Å². The molecule has 0 fully saturated rings. The van der Waals surface area contributed by atoms with Crippen molar-refractivity contribution in [3.8, 4) is 5.75 Å². The normalized spacial score (nSPS) is 12.0. The third kappa shape index (κ3) is 5.17. The highest BCUT2D eigenvalue weighted by molar-refractivity contribution is 6.35. The monoisotopic (exact) mass is 373 g/mol. The Bertz CT molecular complexity index is 787. The van der Waals surface area contributed by atoms with Crippen LogP contribution in [0, 0.1) is 5.92 Å². The number of carbonyl (C=O) groups excluding carboxylic acids is 2. The molecule has 136 valence electrons. The van der Waals surface area contributed by atoms with Gasteiger partial charge >= 0.3 is 5.97 Å². The van der Waals surface area contributed by atoms with Crippen LogP contribution in [0.2, 0.25) is 5.02 Å². The summed E-state index contributed by atoms with van der Waals surface area (Å²) in [5.74, 6) is -1.56. The molecule has 0 spiro atoms. The van der Waals surface area contributed by atoms with E-state index in [4.69, 9.17) is 21.1 Å². The van der Waals surface area contributed by atoms with Gasteiger partial charge in [0.25, 0.3) is 0 Å². The van der Waals surface area contributed by atoms with Crippen molar-refractivity contribution in [2.24, 2.45) is 10.9 Å². The van der Waals surface area contributed by atoms with Crippen LogP contribution in [0.5, 0.6) is 5.75 Å². The summed E-state index contributed by atoms with van der Waals surface area (Å²) in [5, 5.41) is 0.279. The highest BCUT2D eigenvalue weighted by Gasteiger charge is 2.28. The van der Waals surface area contributed by atoms with Gasteiger partial charge in [-0.3, -0.25) is 14.6 Å². The van der Waals surface area contributed by atoms with Crippen LogP contribution in [-0.2, 0) is 9.53 Å². The highest BCUT2D eigenvalue weighted by Crippen LogP contribution is 2.21. The molecule has 0 radical (unpaired) electrons. The summed E-state index contributed by atoms with van der Waals surface area (Å²) in [7, 11) is 0. The van der Waals surface area contributed by atoms with E-state index in [1.54, 1.807) is 55.5 Å². The van der Waals surface area contributed by atoms with E-state index in [-0.39, 0.29) is 17.2 Å². The molecule has 0 aliphatic heterocycles. The highest BCUT2D eigenvalue weighted by atomic mass is 35.5. The topological polar surface area (TPSA) is 65.0 Å². The van der Waals surface area contributed by atoms with Gasteiger partial charge in [0, 0.05) is 11.8 Å². The lowest BCUT2D eigenvalue weighted by Gasteiger charge is -2.11. The van der Waals surface area contributed by atoms with Crippen LogP contribution in [0.4, 0.5) is 5.69 Å². The average Bonchev–Trinajstić information content (AvgIpc) is 2.64. The number of rotatable bonds is 8. The van der Waals surface area contributed by atoms with E-state index in [1.807, 2.05) is 6.92 Å². The minimum absolute atomic E-state index is 0.169. The Balaban J connectivity index is 2.25. The maximum absolute atomic E-state index is 12.7. The second-order valence-corrected chi connectivity index (χ2v) is 5.69. The zero-order valence-corrected chi connectivity index (χ0v) is 15.4. The van der Waals surface area contributed by atoms with Crippen LogP contribution in [-0.4, -0.2) is 31.2 Å². The molecule has 0 bridgehead atoms. The number of benzene rings is 2. The lowest BCUT2D eigenvalue weighted by molar-refractivity contribution is -0.143. The van der Waals surface area contributed by atoms with Gasteiger partial charge in [-0.1, -0.05) is 23.7 Å². The maximum atomic E-state index is 12.7. The Morgan fingerprint density at radius 2 is 1.77 bits per heavy atom. The first-order chi connectivity index (χ1) is 12.6. The van der Waals surface area contributed by atoms with Crippen molar-refractivity contribution >= 4 is 35.3 Å². The van der Waals surface area contributed by atoms with Gasteiger partial charge in [-0.2, -0.15) is 0 Å². The van der Waals surface area contributed by atoms with E-state index in [2.05, 4.69) is 4.99 Å². The summed E-state index contributed by atoms with van der Waals surface area (Å²) < 4.78 is 10.4. The predicted octanol–water partition coefficient (Wildman–Crippen LogP) is 4.50. The smallest absolute Gasteiger partial charge is 0.322 e. The van der Waals surface area contributed by atoms with Gasteiger partial charge in [-0.15, -0.1) is 0 Å². The average molecular weight is 374 g/mol. The Morgan fingerprint density at radius 3 is 2.38 bits per heavy atom. The molecule has 1 atom stereocenters. The van der Waals surface area contributed by atoms with E-state index in [0.717, 1.165) is 5.75 Å². The second kappa shape index (κ2) is 9.73. The molecule has 0 aromatic heterocycles. The van der Waals surface area contributed by atoms with Crippen molar-refractivity contribution in [3.63, 3.8) is 0 Å². The van der Waals surface area contributed by atoms with Crippen LogP contribution >= 0.6 is 11.6 Å². The molecule has 0 heterocycles. The maximum Gasteiger partial charge on any atom is 0.322 e. The van der Waals surface area contributed by atoms with Crippen LogP contribution in [0.3, 0.4) is 0 Å². The summed E-state index contributed by atoms with van der Waals surface area (Å²) >= 11 is 6.08. The Hall–Kier alpha value is -2.66. The Kier molecular flexibility index (Phi) is 7.36. The van der Waals surface area contributed by atoms with Crippen molar-refractivity contribution in [2.45, 2.75) is 13.8 Å². The summed E-state index contributed by atoms with van der Waals surface area (Å²) in [6, 6.07) is 13.6. The van der Waals surface area contributed by atoms with E-state index in [9.17, 15) is 9.59 Å². The first-order valence-corrected chi connectivity index (χ1v) is 8.67. The van der Waals surface area contributed by atoms with E-state index < -0.39 is 17.7 Å². The molecule has 6 heteroatoms. The summed E-state index contributed by atoms with van der Waals surface area (Å²) in [6.07, 6.45) is 1.29. The van der Waals surface area contributed by atoms with Crippen molar-refractivity contribution in [2.75, 3.05) is 13.2 Å². The van der Waals surface area contributed by atoms with Crippen molar-refractivity contribution in [1.82, 2.24) is 0 Å². The minimum Gasteiger partial charge on any atom is -0.494 e. The number of ketones is 1. The molecule has 0 N–H and O–H groups in total. The first-order valence-electron chi connectivity index (χ1n) is 8.29. The number of ether oxygens (including phenoxy) is 2. The fourth-order valence-corrected chi connectivity index (χ4v) is 2.48. The molecule has 2 rings (SSSR count). The third-order valence-corrected chi connectivity index (χ3v) is 3.81. The first kappa shape index (κ1) is 19.7. The lowest BCUT2D eigenvalue weighted by atomic mass is 9.98. The summed E-state index contributed by atoms with van der Waals surface area (Å²) in [4.78, 5) is 29.2. The van der Waals surface area contributed by atoms with Gasteiger partial charge in [0.1, 0.15) is 5.75 Å². The molecular weight excluding hydrogens is 354 g/mol. The zero-order chi connectivity index (χ0) is 18.9. The number of halogens is 1. The Morgan fingerprint density at radius 1 is 1.08 bits per heavy atom. The summed E-state index contributed by atoms with van der Waals surface area (Å²) in [5.41, 5.74) is 0.847. The van der Waals surface area contributed by atoms with Gasteiger partial charge in [0.05, 0.1) is 23.9 Å². The lowest BCUT2D eigenvalue weighted by Crippen LogP contribution is -2.28. The van der Waals surface area contributed by atoms with Crippen LogP contribution < -0.4 is 4.74 Å². The molecule has 1 unspecified atom stereocenters. The van der Waals surface area contributed by atoms with Gasteiger partial charge in [0.2, 0.25) is 0 Å². The SMILES string of the molecule is CCOC(=O)C(C=Nc1ccc(OCC)cc1)C(=O)c1ccccc1Cl. The number of esters is 1. The molecule has 0 saturated carbocycles.